The summed E-state index contributed by atoms with van der Waals surface area (Å²) in [6.45, 7) is 5.28. The van der Waals surface area contributed by atoms with Crippen molar-refractivity contribution in [3.63, 3.8) is 0 Å². The first kappa shape index (κ1) is 13.8. The smallest absolute Gasteiger partial charge is 0.243 e. The summed E-state index contributed by atoms with van der Waals surface area (Å²) < 4.78 is 0. The molecule has 1 amide bonds. The van der Waals surface area contributed by atoms with Gasteiger partial charge in [-0.15, -0.1) is 0 Å². The van der Waals surface area contributed by atoms with E-state index in [9.17, 15) is 4.79 Å². The molecule has 0 saturated carbocycles. The Balaban J connectivity index is 2.01. The molecule has 1 saturated heterocycles. The second-order valence-electron chi connectivity index (χ2n) is 4.92. The van der Waals surface area contributed by atoms with Crippen LogP contribution in [0, 0.1) is 6.92 Å². The second kappa shape index (κ2) is 6.04. The fraction of sp³-hybridized carbons (Fsp3) is 0.500. The van der Waals surface area contributed by atoms with Crippen molar-refractivity contribution >= 4 is 17.3 Å². The van der Waals surface area contributed by atoms with E-state index in [2.05, 4.69) is 5.32 Å². The van der Waals surface area contributed by atoms with Gasteiger partial charge in [0.1, 0.15) is 6.04 Å². The van der Waals surface area contributed by atoms with E-state index < -0.39 is 0 Å². The fourth-order valence-electron chi connectivity index (χ4n) is 2.06. The van der Waals surface area contributed by atoms with E-state index in [1.54, 1.807) is 11.1 Å². The van der Waals surface area contributed by atoms with Crippen LogP contribution >= 0.6 is 0 Å². The number of rotatable bonds is 3. The van der Waals surface area contributed by atoms with Crippen LogP contribution < -0.4 is 11.1 Å². The largest absolute Gasteiger partial charge is 0.399 e. The number of nitrogens with one attached hydrogen (secondary N) is 1. The van der Waals surface area contributed by atoms with Gasteiger partial charge in [-0.3, -0.25) is 9.63 Å². The number of aryl methyl sites for hydroxylation is 1. The number of anilines is 2. The van der Waals surface area contributed by atoms with Gasteiger partial charge in [0.25, 0.3) is 0 Å². The van der Waals surface area contributed by atoms with Gasteiger partial charge in [0.2, 0.25) is 5.91 Å². The molecule has 1 aromatic rings. The number of nitrogens with two attached hydrogens (primary N) is 1. The Morgan fingerprint density at radius 1 is 1.47 bits per heavy atom. The van der Waals surface area contributed by atoms with Gasteiger partial charge in [0, 0.05) is 17.9 Å². The monoisotopic (exact) mass is 263 g/mol. The number of carbonyl (C=O) groups is 1. The van der Waals surface area contributed by atoms with Crippen LogP contribution in [0.3, 0.4) is 0 Å². The Kier molecular flexibility index (Phi) is 4.39. The predicted molar refractivity (Wildman–Crippen MR) is 75.6 cm³/mol. The van der Waals surface area contributed by atoms with Crippen molar-refractivity contribution in [2.75, 3.05) is 24.2 Å². The molecule has 2 rings (SSSR count). The van der Waals surface area contributed by atoms with Gasteiger partial charge in [0.05, 0.1) is 6.61 Å². The van der Waals surface area contributed by atoms with Crippen LogP contribution in [0.1, 0.15) is 25.3 Å². The maximum atomic E-state index is 12.2. The quantitative estimate of drug-likeness (QED) is 0.818. The predicted octanol–water partition coefficient (Wildman–Crippen LogP) is 1.93. The summed E-state index contributed by atoms with van der Waals surface area (Å²) in [5.41, 5.74) is 8.13. The lowest BCUT2D eigenvalue weighted by molar-refractivity contribution is -0.202. The summed E-state index contributed by atoms with van der Waals surface area (Å²) in [5, 5.41) is 4.66. The van der Waals surface area contributed by atoms with Gasteiger partial charge in [-0.25, -0.2) is 0 Å². The first-order valence-electron chi connectivity index (χ1n) is 6.64. The highest BCUT2D eigenvalue weighted by atomic mass is 16.7. The molecular weight excluding hydrogens is 242 g/mol. The third kappa shape index (κ3) is 3.45. The lowest BCUT2D eigenvalue weighted by Crippen LogP contribution is -2.44. The number of carbonyl (C=O) groups excluding carboxylic acids is 1. The zero-order valence-corrected chi connectivity index (χ0v) is 11.5. The number of nitrogens with zero attached hydrogens (tertiary/aromatic N) is 1. The van der Waals surface area contributed by atoms with Crippen molar-refractivity contribution < 1.29 is 9.63 Å². The van der Waals surface area contributed by atoms with Crippen molar-refractivity contribution in [1.82, 2.24) is 5.06 Å². The third-order valence-corrected chi connectivity index (χ3v) is 3.36. The molecule has 0 aromatic heterocycles. The molecule has 0 aliphatic carbocycles. The minimum Gasteiger partial charge on any atom is -0.399 e. The van der Waals surface area contributed by atoms with Crippen LogP contribution in [-0.4, -0.2) is 30.2 Å². The minimum absolute atomic E-state index is 0.0735. The third-order valence-electron chi connectivity index (χ3n) is 3.36. The van der Waals surface area contributed by atoms with Crippen molar-refractivity contribution in [3.8, 4) is 0 Å². The molecule has 1 unspecified atom stereocenters. The summed E-state index contributed by atoms with van der Waals surface area (Å²) in [5.74, 6) is -0.0735. The number of hydroxylamine groups is 2. The van der Waals surface area contributed by atoms with Crippen molar-refractivity contribution in [2.45, 2.75) is 32.7 Å². The van der Waals surface area contributed by atoms with Crippen LogP contribution in [0.25, 0.3) is 0 Å². The Morgan fingerprint density at radius 3 is 2.95 bits per heavy atom. The summed E-state index contributed by atoms with van der Waals surface area (Å²) in [7, 11) is 0. The molecule has 1 atom stereocenters. The first-order valence-corrected chi connectivity index (χ1v) is 6.64. The molecule has 1 aliphatic heterocycles. The van der Waals surface area contributed by atoms with Gasteiger partial charge >= 0.3 is 0 Å². The Labute approximate surface area is 113 Å². The minimum atomic E-state index is -0.305. The zero-order chi connectivity index (χ0) is 13.8. The second-order valence-corrected chi connectivity index (χ2v) is 4.92. The fourth-order valence-corrected chi connectivity index (χ4v) is 2.06. The molecular formula is C14H21N3O2. The molecule has 3 N–H and O–H groups in total. The summed E-state index contributed by atoms with van der Waals surface area (Å²) in [6, 6.07) is 5.19. The van der Waals surface area contributed by atoms with Crippen LogP contribution in [0.15, 0.2) is 18.2 Å². The highest BCUT2D eigenvalue weighted by Gasteiger charge is 2.24. The summed E-state index contributed by atoms with van der Waals surface area (Å²) in [6.07, 6.45) is 2.12. The molecule has 0 radical (unpaired) electrons. The van der Waals surface area contributed by atoms with Crippen molar-refractivity contribution in [2.24, 2.45) is 0 Å². The van der Waals surface area contributed by atoms with Crippen LogP contribution in [0.2, 0.25) is 0 Å². The normalized spacial score (nSPS) is 18.0. The Hall–Kier alpha value is -1.59. The van der Waals surface area contributed by atoms with E-state index in [1.165, 1.54) is 0 Å². The average Bonchev–Trinajstić information content (AvgIpc) is 2.43. The summed E-state index contributed by atoms with van der Waals surface area (Å²) >= 11 is 0. The van der Waals surface area contributed by atoms with Crippen LogP contribution in [-0.2, 0) is 9.63 Å². The molecule has 5 heteroatoms. The van der Waals surface area contributed by atoms with Gasteiger partial charge in [-0.2, -0.15) is 5.06 Å². The van der Waals surface area contributed by atoms with Gasteiger partial charge in [-0.1, -0.05) is 6.07 Å². The number of hydrogen-bond donors (Lipinski definition) is 2. The molecule has 0 spiro atoms. The standard InChI is InChI=1S/C14H21N3O2/c1-10-5-6-12(15)9-13(10)16-14(18)11(2)17-7-3-4-8-19-17/h5-6,9,11H,3-4,7-8,15H2,1-2H3,(H,16,18). The lowest BCUT2D eigenvalue weighted by atomic mass is 10.1. The van der Waals surface area contributed by atoms with E-state index in [0.29, 0.717) is 12.3 Å². The number of amides is 1. The van der Waals surface area contributed by atoms with Gasteiger partial charge in [-0.05, 0) is 44.4 Å². The van der Waals surface area contributed by atoms with E-state index in [1.807, 2.05) is 26.0 Å². The SMILES string of the molecule is Cc1ccc(N)cc1NC(=O)C(C)N1CCCCO1. The van der Waals surface area contributed by atoms with E-state index in [-0.39, 0.29) is 11.9 Å². The molecule has 104 valence electrons. The average molecular weight is 263 g/mol. The maximum Gasteiger partial charge on any atom is 0.243 e. The topological polar surface area (TPSA) is 67.6 Å². The summed E-state index contributed by atoms with van der Waals surface area (Å²) in [4.78, 5) is 17.7. The van der Waals surface area contributed by atoms with Gasteiger partial charge < -0.3 is 11.1 Å². The number of benzene rings is 1. The first-order chi connectivity index (χ1) is 9.08. The Bertz CT molecular complexity index is 456. The molecule has 0 bridgehead atoms. The molecule has 5 nitrogen and oxygen atoms in total. The van der Waals surface area contributed by atoms with Crippen molar-refractivity contribution in [1.29, 1.82) is 0 Å². The highest BCUT2D eigenvalue weighted by molar-refractivity contribution is 5.95. The Morgan fingerprint density at radius 2 is 2.26 bits per heavy atom. The number of hydrogen-bond acceptors (Lipinski definition) is 4. The van der Waals surface area contributed by atoms with Crippen LogP contribution in [0.5, 0.6) is 0 Å². The van der Waals surface area contributed by atoms with E-state index >= 15 is 0 Å². The maximum absolute atomic E-state index is 12.2. The highest BCUT2D eigenvalue weighted by Crippen LogP contribution is 2.19. The number of nitrogen functional groups attached to an aromatic ring is 1. The molecule has 1 aliphatic rings. The molecule has 1 fully saturated rings. The van der Waals surface area contributed by atoms with Crippen molar-refractivity contribution in [3.05, 3.63) is 23.8 Å². The van der Waals surface area contributed by atoms with Crippen LogP contribution in [0.4, 0.5) is 11.4 Å². The van der Waals surface area contributed by atoms with E-state index in [0.717, 1.165) is 30.6 Å². The van der Waals surface area contributed by atoms with Gasteiger partial charge in [0.15, 0.2) is 0 Å². The zero-order valence-electron chi connectivity index (χ0n) is 11.5. The lowest BCUT2D eigenvalue weighted by Gasteiger charge is -2.30. The van der Waals surface area contributed by atoms with E-state index in [4.69, 9.17) is 10.6 Å². The molecule has 1 aromatic carbocycles. The molecule has 1 heterocycles. The molecule has 19 heavy (non-hydrogen) atoms.